The van der Waals surface area contributed by atoms with E-state index in [0.29, 0.717) is 6.42 Å². The Kier molecular flexibility index (Phi) is 7.31. The third kappa shape index (κ3) is 4.90. The number of hydrogen-bond donors (Lipinski definition) is 2. The predicted octanol–water partition coefficient (Wildman–Crippen LogP) is 1.93. The van der Waals surface area contributed by atoms with Gasteiger partial charge in [-0.15, -0.1) is 24.0 Å². The summed E-state index contributed by atoms with van der Waals surface area (Å²) in [4.78, 5) is 18.5. The monoisotopic (exact) mass is 452 g/mol. The number of guanidine groups is 1. The molecule has 0 aliphatic carbocycles. The van der Waals surface area contributed by atoms with Crippen molar-refractivity contribution >= 4 is 47.6 Å². The second kappa shape index (κ2) is 8.78. The molecule has 5 nitrogen and oxygen atoms in total. The maximum Gasteiger partial charge on any atom is 0.220 e. The molecule has 0 aromatic rings. The van der Waals surface area contributed by atoms with Crippen LogP contribution in [0.5, 0.6) is 0 Å². The first kappa shape index (κ1) is 19.1. The number of carbonyl (C=O) groups is 1. The van der Waals surface area contributed by atoms with Gasteiger partial charge >= 0.3 is 0 Å². The van der Waals surface area contributed by atoms with Gasteiger partial charge < -0.3 is 15.5 Å². The van der Waals surface area contributed by atoms with Crippen molar-refractivity contribution in [1.29, 1.82) is 0 Å². The molecule has 0 aromatic heterocycles. The number of nitrogens with one attached hydrogen (secondary N) is 2. The first-order chi connectivity index (χ1) is 10.7. The number of hydrogen-bond acceptors (Lipinski definition) is 3. The number of halogens is 1. The van der Waals surface area contributed by atoms with Gasteiger partial charge in [-0.3, -0.25) is 9.79 Å². The Morgan fingerprint density at radius 3 is 2.91 bits per heavy atom. The van der Waals surface area contributed by atoms with Crippen LogP contribution in [0.25, 0.3) is 0 Å². The number of rotatable bonds is 2. The van der Waals surface area contributed by atoms with Gasteiger partial charge in [-0.25, -0.2) is 0 Å². The molecular formula is C16H29IN4OS. The fraction of sp³-hybridized carbons (Fsp3) is 0.875. The number of thioether (sulfide) groups is 1. The molecule has 1 unspecified atom stereocenters. The molecule has 3 rings (SSSR count). The molecule has 1 amide bonds. The zero-order valence-corrected chi connectivity index (χ0v) is 17.1. The van der Waals surface area contributed by atoms with Gasteiger partial charge in [0, 0.05) is 45.1 Å². The minimum Gasteiger partial charge on any atom is -0.356 e. The fourth-order valence-electron chi connectivity index (χ4n) is 3.95. The quantitative estimate of drug-likeness (QED) is 0.382. The Balaban J connectivity index is 0.00000192. The van der Waals surface area contributed by atoms with Gasteiger partial charge in [-0.05, 0) is 43.1 Å². The van der Waals surface area contributed by atoms with E-state index in [1.165, 1.54) is 24.3 Å². The summed E-state index contributed by atoms with van der Waals surface area (Å²) in [5.74, 6) is 4.62. The van der Waals surface area contributed by atoms with Gasteiger partial charge in [-0.1, -0.05) is 0 Å². The summed E-state index contributed by atoms with van der Waals surface area (Å²) in [5.41, 5.74) is 0.133. The average Bonchev–Trinajstić information content (AvgIpc) is 2.89. The van der Waals surface area contributed by atoms with Gasteiger partial charge in [0.2, 0.25) is 5.91 Å². The second-order valence-electron chi connectivity index (χ2n) is 6.96. The summed E-state index contributed by atoms with van der Waals surface area (Å²) in [5, 5.41) is 6.60. The van der Waals surface area contributed by atoms with E-state index in [0.717, 1.165) is 50.9 Å². The number of amides is 1. The minimum atomic E-state index is 0. The molecule has 3 aliphatic heterocycles. The first-order valence-electron chi connectivity index (χ1n) is 8.51. The van der Waals surface area contributed by atoms with E-state index in [2.05, 4.69) is 32.3 Å². The number of nitrogens with zero attached hydrogens (tertiary/aromatic N) is 2. The van der Waals surface area contributed by atoms with Crippen LogP contribution in [0.4, 0.5) is 0 Å². The van der Waals surface area contributed by atoms with Crippen molar-refractivity contribution in [2.75, 3.05) is 44.7 Å². The van der Waals surface area contributed by atoms with Crippen LogP contribution in [0, 0.1) is 11.3 Å². The fourth-order valence-corrected chi connectivity index (χ4v) is 5.15. The molecule has 3 saturated heterocycles. The molecule has 3 heterocycles. The van der Waals surface area contributed by atoms with E-state index >= 15 is 0 Å². The van der Waals surface area contributed by atoms with Crippen molar-refractivity contribution in [2.24, 2.45) is 16.3 Å². The standard InChI is InChI=1S/C16H28N4OS.HI/c1-17-15(18-10-13-3-7-22-8-4-13)20-6-2-5-16(12-20)9-14(21)19-11-16;/h13H,2-12H2,1H3,(H,17,18)(H,19,21);1H. The van der Waals surface area contributed by atoms with Crippen LogP contribution < -0.4 is 10.6 Å². The van der Waals surface area contributed by atoms with Crippen LogP contribution in [0.1, 0.15) is 32.1 Å². The average molecular weight is 452 g/mol. The summed E-state index contributed by atoms with van der Waals surface area (Å²) < 4.78 is 0. The highest BCUT2D eigenvalue weighted by Crippen LogP contribution is 2.36. The van der Waals surface area contributed by atoms with Gasteiger partial charge in [0.25, 0.3) is 0 Å². The summed E-state index contributed by atoms with van der Waals surface area (Å²) in [7, 11) is 1.87. The van der Waals surface area contributed by atoms with E-state index < -0.39 is 0 Å². The van der Waals surface area contributed by atoms with Crippen molar-refractivity contribution < 1.29 is 4.79 Å². The molecular weight excluding hydrogens is 423 g/mol. The zero-order chi connectivity index (χ0) is 15.4. The molecule has 3 aliphatic rings. The molecule has 7 heteroatoms. The number of likely N-dealkylation sites (tertiary alicyclic amines) is 1. The molecule has 1 spiro atoms. The molecule has 0 saturated carbocycles. The molecule has 0 radical (unpaired) electrons. The van der Waals surface area contributed by atoms with Crippen molar-refractivity contribution in [3.05, 3.63) is 0 Å². The summed E-state index contributed by atoms with van der Waals surface area (Å²) in [6.45, 7) is 3.87. The minimum absolute atomic E-state index is 0. The number of carbonyl (C=O) groups excluding carboxylic acids is 1. The predicted molar refractivity (Wildman–Crippen MR) is 108 cm³/mol. The summed E-state index contributed by atoms with van der Waals surface area (Å²) in [6, 6.07) is 0. The molecule has 23 heavy (non-hydrogen) atoms. The lowest BCUT2D eigenvalue weighted by atomic mass is 9.79. The third-order valence-electron chi connectivity index (χ3n) is 5.26. The lowest BCUT2D eigenvalue weighted by Crippen LogP contribution is -2.52. The topological polar surface area (TPSA) is 56.7 Å². The smallest absolute Gasteiger partial charge is 0.220 e. The SMILES string of the molecule is CN=C(NCC1CCSCC1)N1CCCC2(CNC(=O)C2)C1.I. The van der Waals surface area contributed by atoms with Crippen molar-refractivity contribution in [1.82, 2.24) is 15.5 Å². The number of piperidine rings is 1. The Hall–Kier alpha value is -0.180. The highest BCUT2D eigenvalue weighted by Gasteiger charge is 2.42. The molecule has 1 atom stereocenters. The molecule has 132 valence electrons. The van der Waals surface area contributed by atoms with Gasteiger partial charge in [0.05, 0.1) is 0 Å². The van der Waals surface area contributed by atoms with E-state index in [1.807, 2.05) is 7.05 Å². The molecule has 3 fully saturated rings. The van der Waals surface area contributed by atoms with Crippen LogP contribution >= 0.6 is 35.7 Å². The summed E-state index contributed by atoms with van der Waals surface area (Å²) >= 11 is 2.07. The van der Waals surface area contributed by atoms with Gasteiger partial charge in [0.1, 0.15) is 0 Å². The first-order valence-corrected chi connectivity index (χ1v) is 9.66. The van der Waals surface area contributed by atoms with E-state index in [4.69, 9.17) is 0 Å². The normalized spacial score (nSPS) is 29.3. The van der Waals surface area contributed by atoms with Crippen molar-refractivity contribution in [2.45, 2.75) is 32.1 Å². The molecule has 2 N–H and O–H groups in total. The zero-order valence-electron chi connectivity index (χ0n) is 14.0. The molecule has 0 aromatic carbocycles. The highest BCUT2D eigenvalue weighted by molar-refractivity contribution is 14.0. The second-order valence-corrected chi connectivity index (χ2v) is 8.19. The third-order valence-corrected chi connectivity index (χ3v) is 6.31. The van der Waals surface area contributed by atoms with Crippen molar-refractivity contribution in [3.63, 3.8) is 0 Å². The van der Waals surface area contributed by atoms with Gasteiger partial charge in [-0.2, -0.15) is 11.8 Å². The van der Waals surface area contributed by atoms with E-state index in [-0.39, 0.29) is 35.3 Å². The van der Waals surface area contributed by atoms with Crippen LogP contribution in [0.2, 0.25) is 0 Å². The van der Waals surface area contributed by atoms with Crippen LogP contribution in [0.15, 0.2) is 4.99 Å². The largest absolute Gasteiger partial charge is 0.356 e. The van der Waals surface area contributed by atoms with E-state index in [1.54, 1.807) is 0 Å². The van der Waals surface area contributed by atoms with Crippen LogP contribution in [-0.2, 0) is 4.79 Å². The molecule has 0 bridgehead atoms. The van der Waals surface area contributed by atoms with E-state index in [9.17, 15) is 4.79 Å². The lowest BCUT2D eigenvalue weighted by molar-refractivity contribution is -0.119. The Morgan fingerprint density at radius 2 is 2.26 bits per heavy atom. The van der Waals surface area contributed by atoms with Crippen LogP contribution in [-0.4, -0.2) is 61.5 Å². The Bertz CT molecular complexity index is 442. The van der Waals surface area contributed by atoms with Crippen LogP contribution in [0.3, 0.4) is 0 Å². The Morgan fingerprint density at radius 1 is 1.48 bits per heavy atom. The Labute approximate surface area is 160 Å². The highest BCUT2D eigenvalue weighted by atomic mass is 127. The summed E-state index contributed by atoms with van der Waals surface area (Å²) in [6.07, 6.45) is 5.61. The number of aliphatic imine (C=N–C) groups is 1. The lowest BCUT2D eigenvalue weighted by Gasteiger charge is -2.41. The van der Waals surface area contributed by atoms with Crippen molar-refractivity contribution in [3.8, 4) is 0 Å². The van der Waals surface area contributed by atoms with Gasteiger partial charge in [0.15, 0.2) is 5.96 Å². The maximum absolute atomic E-state index is 11.6. The maximum atomic E-state index is 11.6.